The number of phenolic OH excluding ortho intramolecular Hbond substituents is 1. The highest BCUT2D eigenvalue weighted by atomic mass is 79.9. The minimum Gasteiger partial charge on any atom is -0.508 e. The maximum Gasteiger partial charge on any atom is 0.152 e. The average Bonchev–Trinajstić information content (AvgIpc) is 2.19. The first kappa shape index (κ1) is 13.2. The molecule has 0 heterocycles. The van der Waals surface area contributed by atoms with Crippen molar-refractivity contribution in [1.82, 2.24) is 0 Å². The Morgan fingerprint density at radius 2 is 1.94 bits per heavy atom. The molecule has 1 aromatic rings. The molecule has 0 amide bonds. The molecular formula is C13H17BrO2. The Morgan fingerprint density at radius 3 is 2.44 bits per heavy atom. The van der Waals surface area contributed by atoms with Gasteiger partial charge in [0.05, 0.1) is 4.83 Å². The number of aromatic hydroxyl groups is 1. The van der Waals surface area contributed by atoms with Crippen molar-refractivity contribution in [1.29, 1.82) is 0 Å². The van der Waals surface area contributed by atoms with E-state index in [9.17, 15) is 9.90 Å². The number of rotatable bonds is 3. The summed E-state index contributed by atoms with van der Waals surface area (Å²) in [6.45, 7) is 5.69. The second-order valence-electron chi connectivity index (χ2n) is 4.91. The molecule has 0 saturated carbocycles. The third-order valence-corrected chi connectivity index (χ3v) is 3.15. The number of hydrogen-bond donors (Lipinski definition) is 1. The summed E-state index contributed by atoms with van der Waals surface area (Å²) in [6.07, 6.45) is 0.517. The molecular weight excluding hydrogens is 268 g/mol. The van der Waals surface area contributed by atoms with Gasteiger partial charge in [0.15, 0.2) is 5.78 Å². The lowest BCUT2D eigenvalue weighted by atomic mass is 9.87. The van der Waals surface area contributed by atoms with E-state index in [2.05, 4.69) is 15.9 Å². The van der Waals surface area contributed by atoms with Gasteiger partial charge in [0.25, 0.3) is 0 Å². The van der Waals surface area contributed by atoms with E-state index >= 15 is 0 Å². The molecule has 0 aliphatic carbocycles. The van der Waals surface area contributed by atoms with Crippen molar-refractivity contribution in [3.63, 3.8) is 0 Å². The number of phenols is 1. The fraction of sp³-hybridized carbons (Fsp3) is 0.462. The van der Waals surface area contributed by atoms with Crippen LogP contribution in [0, 0.1) is 5.41 Å². The lowest BCUT2D eigenvalue weighted by Gasteiger charge is -2.20. The Kier molecular flexibility index (Phi) is 4.14. The van der Waals surface area contributed by atoms with Gasteiger partial charge in [-0.15, -0.1) is 0 Å². The van der Waals surface area contributed by atoms with Gasteiger partial charge in [-0.25, -0.2) is 0 Å². The smallest absolute Gasteiger partial charge is 0.152 e. The van der Waals surface area contributed by atoms with Crippen molar-refractivity contribution < 1.29 is 9.90 Å². The Bertz CT molecular complexity index is 380. The first-order chi connectivity index (χ1) is 7.32. The molecule has 0 radical (unpaired) electrons. The van der Waals surface area contributed by atoms with Gasteiger partial charge in [-0.3, -0.25) is 4.79 Å². The van der Waals surface area contributed by atoms with E-state index in [-0.39, 0.29) is 21.8 Å². The number of Topliss-reactive ketones (excluding diaryl/α,β-unsaturated/α-hetero) is 1. The van der Waals surface area contributed by atoms with E-state index < -0.39 is 0 Å². The van der Waals surface area contributed by atoms with Gasteiger partial charge >= 0.3 is 0 Å². The predicted molar refractivity (Wildman–Crippen MR) is 69.0 cm³/mol. The van der Waals surface area contributed by atoms with Gasteiger partial charge in [0.2, 0.25) is 0 Å². The molecule has 16 heavy (non-hydrogen) atoms. The average molecular weight is 285 g/mol. The normalized spacial score (nSPS) is 13.5. The van der Waals surface area contributed by atoms with Crippen LogP contribution in [-0.2, 0) is 11.2 Å². The molecule has 0 bridgehead atoms. The van der Waals surface area contributed by atoms with Gasteiger partial charge in [0.1, 0.15) is 5.75 Å². The fourth-order valence-corrected chi connectivity index (χ4v) is 2.47. The zero-order valence-electron chi connectivity index (χ0n) is 9.83. The molecule has 1 aromatic carbocycles. The van der Waals surface area contributed by atoms with Crippen molar-refractivity contribution in [2.24, 2.45) is 5.41 Å². The highest BCUT2D eigenvalue weighted by Crippen LogP contribution is 2.26. The summed E-state index contributed by atoms with van der Waals surface area (Å²) in [5.41, 5.74) is 0.431. The van der Waals surface area contributed by atoms with Gasteiger partial charge in [-0.05, 0) is 18.1 Å². The van der Waals surface area contributed by atoms with Crippen LogP contribution >= 0.6 is 15.9 Å². The summed E-state index contributed by atoms with van der Waals surface area (Å²) in [5.74, 6) is 0.393. The SMILES string of the molecule is CC(C)(C)C(=O)C(Br)Cc1ccccc1O. The molecule has 0 saturated heterocycles. The highest BCUT2D eigenvalue weighted by Gasteiger charge is 2.28. The molecule has 1 N–H and O–H groups in total. The van der Waals surface area contributed by atoms with Gasteiger partial charge < -0.3 is 5.11 Å². The number of alkyl halides is 1. The number of carbonyl (C=O) groups excluding carboxylic acids is 1. The number of hydrogen-bond acceptors (Lipinski definition) is 2. The Labute approximate surface area is 105 Å². The summed E-state index contributed by atoms with van der Waals surface area (Å²) in [5, 5.41) is 9.61. The molecule has 0 spiro atoms. The van der Waals surface area contributed by atoms with Crippen LogP contribution in [0.1, 0.15) is 26.3 Å². The monoisotopic (exact) mass is 284 g/mol. The van der Waals surface area contributed by atoms with E-state index in [0.29, 0.717) is 6.42 Å². The van der Waals surface area contributed by atoms with E-state index in [0.717, 1.165) is 5.56 Å². The number of benzene rings is 1. The first-order valence-corrected chi connectivity index (χ1v) is 6.19. The number of ketones is 1. The van der Waals surface area contributed by atoms with Crippen molar-refractivity contribution >= 4 is 21.7 Å². The third kappa shape index (κ3) is 3.34. The molecule has 1 unspecified atom stereocenters. The van der Waals surface area contributed by atoms with Crippen LogP contribution in [0.4, 0.5) is 0 Å². The second kappa shape index (κ2) is 5.00. The van der Waals surface area contributed by atoms with Crippen molar-refractivity contribution in [3.8, 4) is 5.75 Å². The lowest BCUT2D eigenvalue weighted by molar-refractivity contribution is -0.125. The summed E-state index contributed by atoms with van der Waals surface area (Å²) >= 11 is 3.39. The van der Waals surface area contributed by atoms with Gasteiger partial charge in [-0.1, -0.05) is 54.9 Å². The minimum atomic E-state index is -0.363. The largest absolute Gasteiger partial charge is 0.508 e. The van der Waals surface area contributed by atoms with Crippen molar-refractivity contribution in [2.75, 3.05) is 0 Å². The summed E-state index contributed by atoms with van der Waals surface area (Å²) < 4.78 is 0. The van der Waals surface area contributed by atoms with Crippen LogP contribution in [0.25, 0.3) is 0 Å². The molecule has 1 rings (SSSR count). The predicted octanol–water partition coefficient (Wildman–Crippen LogP) is 3.31. The molecule has 1 atom stereocenters. The van der Waals surface area contributed by atoms with Crippen LogP contribution in [-0.4, -0.2) is 15.7 Å². The molecule has 0 aromatic heterocycles. The van der Waals surface area contributed by atoms with E-state index in [1.54, 1.807) is 12.1 Å². The van der Waals surface area contributed by atoms with Gasteiger partial charge in [0, 0.05) is 5.41 Å². The number of halogens is 1. The number of carbonyl (C=O) groups is 1. The van der Waals surface area contributed by atoms with E-state index in [1.807, 2.05) is 32.9 Å². The topological polar surface area (TPSA) is 37.3 Å². The van der Waals surface area contributed by atoms with Crippen molar-refractivity contribution in [2.45, 2.75) is 32.0 Å². The van der Waals surface area contributed by atoms with Crippen LogP contribution in [0.2, 0.25) is 0 Å². The quantitative estimate of drug-likeness (QED) is 0.865. The Hall–Kier alpha value is -0.830. The molecule has 88 valence electrons. The summed E-state index contributed by atoms with van der Waals surface area (Å²) in [6, 6.07) is 7.10. The zero-order valence-corrected chi connectivity index (χ0v) is 11.4. The highest BCUT2D eigenvalue weighted by molar-refractivity contribution is 9.10. The fourth-order valence-electron chi connectivity index (χ4n) is 1.44. The Balaban J connectivity index is 2.76. The maximum atomic E-state index is 12.0. The molecule has 0 aliphatic rings. The van der Waals surface area contributed by atoms with E-state index in [1.165, 1.54) is 0 Å². The lowest BCUT2D eigenvalue weighted by Crippen LogP contribution is -2.30. The van der Waals surface area contributed by atoms with Crippen LogP contribution in [0.3, 0.4) is 0 Å². The Morgan fingerprint density at radius 1 is 1.38 bits per heavy atom. The van der Waals surface area contributed by atoms with Gasteiger partial charge in [-0.2, -0.15) is 0 Å². The standard InChI is InChI=1S/C13H17BrO2/c1-13(2,3)12(16)10(14)8-9-6-4-5-7-11(9)15/h4-7,10,15H,8H2,1-3H3. The summed E-state index contributed by atoms with van der Waals surface area (Å²) in [7, 11) is 0. The summed E-state index contributed by atoms with van der Waals surface area (Å²) in [4.78, 5) is 11.7. The van der Waals surface area contributed by atoms with Crippen LogP contribution in [0.5, 0.6) is 5.75 Å². The molecule has 3 heteroatoms. The third-order valence-electron chi connectivity index (χ3n) is 2.41. The molecule has 0 fully saturated rings. The van der Waals surface area contributed by atoms with Crippen LogP contribution in [0.15, 0.2) is 24.3 Å². The second-order valence-corrected chi connectivity index (χ2v) is 6.02. The maximum absolute atomic E-state index is 12.0. The molecule has 2 nitrogen and oxygen atoms in total. The first-order valence-electron chi connectivity index (χ1n) is 5.27. The minimum absolute atomic E-state index is 0.149. The van der Waals surface area contributed by atoms with E-state index in [4.69, 9.17) is 0 Å². The number of para-hydroxylation sites is 1. The zero-order chi connectivity index (χ0) is 12.3. The molecule has 0 aliphatic heterocycles. The van der Waals surface area contributed by atoms with Crippen LogP contribution < -0.4 is 0 Å². The van der Waals surface area contributed by atoms with Crippen molar-refractivity contribution in [3.05, 3.63) is 29.8 Å².